The van der Waals surface area contributed by atoms with E-state index >= 15 is 0 Å². The molecule has 0 amide bonds. The molecule has 4 aromatic rings. The van der Waals surface area contributed by atoms with Crippen LogP contribution in [0.1, 0.15) is 28.5 Å². The maximum absolute atomic E-state index is 6.53. The largest absolute Gasteiger partial charge is 0.349 e. The van der Waals surface area contributed by atoms with Gasteiger partial charge in [-0.05, 0) is 35.9 Å². The Balaban J connectivity index is 1.59. The van der Waals surface area contributed by atoms with Crippen molar-refractivity contribution in [1.29, 1.82) is 0 Å². The molecule has 1 fully saturated rings. The van der Waals surface area contributed by atoms with E-state index in [2.05, 4.69) is 78.1 Å². The summed E-state index contributed by atoms with van der Waals surface area (Å²) in [6.45, 7) is 2.06. The van der Waals surface area contributed by atoms with Crippen LogP contribution in [0.15, 0.2) is 77.4 Å². The van der Waals surface area contributed by atoms with E-state index < -0.39 is 5.72 Å². The molecule has 6 nitrogen and oxygen atoms in total. The first-order valence-corrected chi connectivity index (χ1v) is 11.1. The lowest BCUT2D eigenvalue weighted by atomic mass is 9.95. The molecule has 0 bridgehead atoms. The summed E-state index contributed by atoms with van der Waals surface area (Å²) in [5.74, 6) is 1.83. The van der Waals surface area contributed by atoms with Crippen LogP contribution in [-0.4, -0.2) is 37.8 Å². The molecule has 0 radical (unpaired) electrons. The van der Waals surface area contributed by atoms with Crippen molar-refractivity contribution in [3.63, 3.8) is 0 Å². The van der Waals surface area contributed by atoms with Crippen molar-refractivity contribution in [1.82, 2.24) is 24.6 Å². The summed E-state index contributed by atoms with van der Waals surface area (Å²) in [6.07, 6.45) is 2.54. The zero-order chi connectivity index (χ0) is 20.8. The maximum atomic E-state index is 6.53. The highest BCUT2D eigenvalue weighted by atomic mass is 79.9. The van der Waals surface area contributed by atoms with E-state index in [0.717, 1.165) is 39.6 Å². The maximum Gasteiger partial charge on any atom is 0.193 e. The summed E-state index contributed by atoms with van der Waals surface area (Å²) >= 11 is 3.68. The standard InChI is InChI=1S/C24H20BrN5O/c25-18-9-10-20-19(15-18)24(21-8-4-5-11-26-21)29(12-13-31-24)16-23-28-27-22(30(20)23)14-17-6-2-1-3-7-17/h1-11,15H,12-14,16H2. The lowest BCUT2D eigenvalue weighted by Gasteiger charge is -2.36. The second-order valence-corrected chi connectivity index (χ2v) is 8.74. The van der Waals surface area contributed by atoms with Gasteiger partial charge < -0.3 is 4.74 Å². The fourth-order valence-corrected chi connectivity index (χ4v) is 5.06. The first-order chi connectivity index (χ1) is 15.3. The van der Waals surface area contributed by atoms with E-state index in [0.29, 0.717) is 19.6 Å². The Morgan fingerprint density at radius 1 is 1.00 bits per heavy atom. The summed E-state index contributed by atoms with van der Waals surface area (Å²) in [5.41, 5.74) is 3.41. The van der Waals surface area contributed by atoms with Crippen molar-refractivity contribution < 1.29 is 4.74 Å². The summed E-state index contributed by atoms with van der Waals surface area (Å²) < 4.78 is 9.73. The Kier molecular flexibility index (Phi) is 4.49. The van der Waals surface area contributed by atoms with Crippen LogP contribution in [0.5, 0.6) is 0 Å². The highest BCUT2D eigenvalue weighted by molar-refractivity contribution is 9.10. The normalized spacial score (nSPS) is 20.0. The molecule has 2 aliphatic rings. The number of rotatable bonds is 3. The average molecular weight is 474 g/mol. The molecule has 154 valence electrons. The van der Waals surface area contributed by atoms with E-state index in [-0.39, 0.29) is 0 Å². The summed E-state index contributed by atoms with van der Waals surface area (Å²) in [4.78, 5) is 7.04. The molecule has 7 heteroatoms. The molecule has 1 saturated heterocycles. The van der Waals surface area contributed by atoms with Crippen LogP contribution in [0, 0.1) is 0 Å². The van der Waals surface area contributed by atoms with Crippen molar-refractivity contribution in [2.24, 2.45) is 0 Å². The molecule has 6 rings (SSSR count). The minimum atomic E-state index is -0.759. The fraction of sp³-hybridized carbons (Fsp3) is 0.208. The van der Waals surface area contributed by atoms with Gasteiger partial charge in [-0.2, -0.15) is 0 Å². The second kappa shape index (κ2) is 7.37. The number of hydrogen-bond donors (Lipinski definition) is 0. The number of nitrogens with zero attached hydrogens (tertiary/aromatic N) is 5. The summed E-state index contributed by atoms with van der Waals surface area (Å²) in [7, 11) is 0. The van der Waals surface area contributed by atoms with Crippen molar-refractivity contribution in [3.05, 3.63) is 106 Å². The minimum absolute atomic E-state index is 0.630. The molecule has 2 aliphatic heterocycles. The van der Waals surface area contributed by atoms with Crippen LogP contribution in [0.2, 0.25) is 0 Å². The van der Waals surface area contributed by atoms with Gasteiger partial charge in [0.1, 0.15) is 5.82 Å². The molecule has 0 spiro atoms. The van der Waals surface area contributed by atoms with Crippen LogP contribution in [0.3, 0.4) is 0 Å². The Bertz CT molecular complexity index is 1240. The highest BCUT2D eigenvalue weighted by Crippen LogP contribution is 2.46. The van der Waals surface area contributed by atoms with Crippen molar-refractivity contribution in [3.8, 4) is 5.69 Å². The highest BCUT2D eigenvalue weighted by Gasteiger charge is 2.50. The fourth-order valence-electron chi connectivity index (χ4n) is 4.70. The third kappa shape index (κ3) is 2.96. The minimum Gasteiger partial charge on any atom is -0.349 e. The molecule has 1 atom stereocenters. The summed E-state index contributed by atoms with van der Waals surface area (Å²) in [5, 5.41) is 9.19. The third-order valence-corrected chi connectivity index (χ3v) is 6.52. The number of halogens is 1. The number of aromatic nitrogens is 4. The SMILES string of the molecule is Brc1ccc2c(c1)C1(c3ccccn3)OCCN1Cc1nnc(Cc3ccccc3)n1-2. The molecule has 0 aliphatic carbocycles. The van der Waals surface area contributed by atoms with Crippen LogP contribution in [-0.2, 0) is 23.4 Å². The van der Waals surface area contributed by atoms with Gasteiger partial charge in [0.25, 0.3) is 0 Å². The Hall–Kier alpha value is -2.87. The molecule has 2 aromatic carbocycles. The predicted molar refractivity (Wildman–Crippen MR) is 120 cm³/mol. The molecule has 0 saturated carbocycles. The van der Waals surface area contributed by atoms with Gasteiger partial charge >= 0.3 is 0 Å². The van der Waals surface area contributed by atoms with Crippen molar-refractivity contribution in [2.45, 2.75) is 18.7 Å². The van der Waals surface area contributed by atoms with E-state index in [9.17, 15) is 0 Å². The van der Waals surface area contributed by atoms with Gasteiger partial charge in [-0.3, -0.25) is 14.5 Å². The Labute approximate surface area is 188 Å². The quantitative estimate of drug-likeness (QED) is 0.448. The first kappa shape index (κ1) is 18.9. The topological polar surface area (TPSA) is 56.1 Å². The smallest absolute Gasteiger partial charge is 0.193 e. The van der Waals surface area contributed by atoms with Gasteiger partial charge in [0.05, 0.1) is 24.5 Å². The van der Waals surface area contributed by atoms with Crippen LogP contribution >= 0.6 is 15.9 Å². The van der Waals surface area contributed by atoms with Gasteiger partial charge in [0, 0.05) is 29.2 Å². The molecular formula is C24H20BrN5O. The number of pyridine rings is 1. The number of hydrogen-bond acceptors (Lipinski definition) is 5. The van der Waals surface area contributed by atoms with Gasteiger partial charge in [-0.15, -0.1) is 10.2 Å². The van der Waals surface area contributed by atoms with Gasteiger partial charge in [0.2, 0.25) is 0 Å². The third-order valence-electron chi connectivity index (χ3n) is 6.03. The van der Waals surface area contributed by atoms with Crippen LogP contribution in [0.25, 0.3) is 5.69 Å². The molecule has 2 aromatic heterocycles. The van der Waals surface area contributed by atoms with Crippen LogP contribution < -0.4 is 0 Å². The lowest BCUT2D eigenvalue weighted by Crippen LogP contribution is -2.43. The molecule has 1 unspecified atom stereocenters. The monoisotopic (exact) mass is 473 g/mol. The predicted octanol–water partition coefficient (Wildman–Crippen LogP) is 4.06. The van der Waals surface area contributed by atoms with Crippen molar-refractivity contribution in [2.75, 3.05) is 13.2 Å². The Morgan fingerprint density at radius 3 is 2.71 bits per heavy atom. The number of fused-ring (bicyclic) bond motifs is 5. The second-order valence-electron chi connectivity index (χ2n) is 7.82. The van der Waals surface area contributed by atoms with E-state index in [1.54, 1.807) is 0 Å². The average Bonchev–Trinajstić information content (AvgIpc) is 3.38. The Morgan fingerprint density at radius 2 is 1.87 bits per heavy atom. The van der Waals surface area contributed by atoms with E-state index in [1.165, 1.54) is 5.56 Å². The number of benzene rings is 2. The first-order valence-electron chi connectivity index (χ1n) is 10.3. The molecule has 4 heterocycles. The van der Waals surface area contributed by atoms with Crippen molar-refractivity contribution >= 4 is 15.9 Å². The molecule has 0 N–H and O–H groups in total. The lowest BCUT2D eigenvalue weighted by molar-refractivity contribution is -0.0586. The van der Waals surface area contributed by atoms with Crippen LogP contribution in [0.4, 0.5) is 0 Å². The molecule has 31 heavy (non-hydrogen) atoms. The zero-order valence-corrected chi connectivity index (χ0v) is 18.4. The van der Waals surface area contributed by atoms with Gasteiger partial charge in [0.15, 0.2) is 11.5 Å². The number of ether oxygens (including phenoxy) is 1. The van der Waals surface area contributed by atoms with E-state index in [4.69, 9.17) is 9.72 Å². The summed E-state index contributed by atoms with van der Waals surface area (Å²) in [6, 6.07) is 22.7. The van der Waals surface area contributed by atoms with E-state index in [1.807, 2.05) is 30.5 Å². The molecular weight excluding hydrogens is 454 g/mol. The van der Waals surface area contributed by atoms with Gasteiger partial charge in [-0.1, -0.05) is 52.3 Å². The van der Waals surface area contributed by atoms with Gasteiger partial charge in [-0.25, -0.2) is 0 Å². The zero-order valence-electron chi connectivity index (χ0n) is 16.8.